The summed E-state index contributed by atoms with van der Waals surface area (Å²) in [6, 6.07) is -3.97. The Morgan fingerprint density at radius 1 is 0.897 bits per heavy atom. The van der Waals surface area contributed by atoms with Gasteiger partial charge in [-0.2, -0.15) is 0 Å². The molecule has 9 N–H and O–H groups in total. The van der Waals surface area contributed by atoms with Crippen molar-refractivity contribution in [1.29, 1.82) is 0 Å². The fourth-order valence-corrected chi connectivity index (χ4v) is 2.20. The van der Waals surface area contributed by atoms with Crippen molar-refractivity contribution in [2.75, 3.05) is 6.54 Å². The Bertz CT molecular complexity index is 651. The Morgan fingerprint density at radius 3 is 1.93 bits per heavy atom. The Labute approximate surface area is 166 Å². The van der Waals surface area contributed by atoms with Gasteiger partial charge in [0.25, 0.3) is 0 Å². The highest BCUT2D eigenvalue weighted by molar-refractivity contribution is 5.94. The van der Waals surface area contributed by atoms with E-state index in [0.717, 1.165) is 0 Å². The maximum atomic E-state index is 12.3. The number of carboxylic acid groups (broad SMARTS) is 2. The van der Waals surface area contributed by atoms with Gasteiger partial charge < -0.3 is 37.6 Å². The lowest BCUT2D eigenvalue weighted by Crippen LogP contribution is -2.54. The molecule has 0 aromatic carbocycles. The van der Waals surface area contributed by atoms with Crippen LogP contribution in [0.3, 0.4) is 0 Å². The molecule has 0 heterocycles. The molecule has 0 aromatic rings. The number of hydrogen-bond donors (Lipinski definition) is 7. The first kappa shape index (κ1) is 25.8. The number of nitrogens with one attached hydrogen (secondary N) is 3. The third-order valence-corrected chi connectivity index (χ3v) is 3.53. The zero-order chi connectivity index (χ0) is 22.7. The lowest BCUT2D eigenvalue weighted by atomic mass is 10.0. The third kappa shape index (κ3) is 11.3. The van der Waals surface area contributed by atoms with Gasteiger partial charge in [0.2, 0.25) is 23.6 Å². The summed E-state index contributed by atoms with van der Waals surface area (Å²) in [5, 5.41) is 24.1. The van der Waals surface area contributed by atoms with Gasteiger partial charge in [-0.3, -0.25) is 24.0 Å². The molecule has 0 aliphatic carbocycles. The maximum Gasteiger partial charge on any atom is 0.326 e. The summed E-state index contributed by atoms with van der Waals surface area (Å²) in [6.07, 6.45) is -1.05. The molecule has 164 valence electrons. The second kappa shape index (κ2) is 12.3. The van der Waals surface area contributed by atoms with Crippen molar-refractivity contribution in [3.8, 4) is 0 Å². The lowest BCUT2D eigenvalue weighted by molar-refractivity contribution is -0.147. The molecular formula is C16H27N5O8. The summed E-state index contributed by atoms with van der Waals surface area (Å²) < 4.78 is 0. The zero-order valence-corrected chi connectivity index (χ0v) is 16.1. The molecule has 0 aliphatic heterocycles. The largest absolute Gasteiger partial charge is 0.481 e. The van der Waals surface area contributed by atoms with E-state index in [1.807, 2.05) is 5.32 Å². The fourth-order valence-electron chi connectivity index (χ4n) is 2.20. The van der Waals surface area contributed by atoms with Gasteiger partial charge in [0.15, 0.2) is 0 Å². The maximum absolute atomic E-state index is 12.3. The van der Waals surface area contributed by atoms with Gasteiger partial charge in [-0.25, -0.2) is 4.79 Å². The predicted molar refractivity (Wildman–Crippen MR) is 98.0 cm³/mol. The molecule has 0 radical (unpaired) electrons. The minimum atomic E-state index is -1.66. The summed E-state index contributed by atoms with van der Waals surface area (Å²) in [5.41, 5.74) is 10.5. The molecule has 0 spiro atoms. The van der Waals surface area contributed by atoms with Gasteiger partial charge in [-0.1, -0.05) is 13.8 Å². The first-order chi connectivity index (χ1) is 13.3. The first-order valence-electron chi connectivity index (χ1n) is 8.69. The fraction of sp³-hybridized carbons (Fsp3) is 0.625. The van der Waals surface area contributed by atoms with Gasteiger partial charge in [0, 0.05) is 0 Å². The molecule has 3 atom stereocenters. The number of carboxylic acids is 2. The summed E-state index contributed by atoms with van der Waals surface area (Å²) in [5.74, 6) is -6.22. The zero-order valence-electron chi connectivity index (χ0n) is 16.1. The Morgan fingerprint density at radius 2 is 1.48 bits per heavy atom. The van der Waals surface area contributed by atoms with Crippen molar-refractivity contribution in [3.05, 3.63) is 0 Å². The minimum absolute atomic E-state index is 0.0285. The van der Waals surface area contributed by atoms with E-state index in [4.69, 9.17) is 21.7 Å². The van der Waals surface area contributed by atoms with Crippen LogP contribution in [0.5, 0.6) is 0 Å². The van der Waals surface area contributed by atoms with Crippen molar-refractivity contribution >= 4 is 35.6 Å². The Balaban J connectivity index is 4.87. The SMILES string of the molecule is CC(C)CC(NC(=O)C(N)CC(N)=O)C(=O)NCC(=O)NC(CC(=O)O)C(=O)O. The molecule has 0 fully saturated rings. The molecule has 4 amide bonds. The van der Waals surface area contributed by atoms with Crippen LogP contribution in [-0.4, -0.2) is 70.5 Å². The van der Waals surface area contributed by atoms with E-state index in [0.29, 0.717) is 0 Å². The molecule has 0 saturated carbocycles. The topological polar surface area (TPSA) is 231 Å². The Kier molecular flexibility index (Phi) is 10.9. The van der Waals surface area contributed by atoms with E-state index < -0.39 is 73.1 Å². The van der Waals surface area contributed by atoms with Crippen LogP contribution in [0.4, 0.5) is 0 Å². The quantitative estimate of drug-likeness (QED) is 0.160. The highest BCUT2D eigenvalue weighted by Crippen LogP contribution is 2.05. The van der Waals surface area contributed by atoms with Gasteiger partial charge >= 0.3 is 11.9 Å². The van der Waals surface area contributed by atoms with E-state index in [2.05, 4.69) is 10.6 Å². The second-order valence-electron chi connectivity index (χ2n) is 6.74. The number of amides is 4. The van der Waals surface area contributed by atoms with Gasteiger partial charge in [0.05, 0.1) is 25.4 Å². The number of primary amides is 1. The van der Waals surface area contributed by atoms with E-state index in [-0.39, 0.29) is 12.3 Å². The molecule has 13 heteroatoms. The minimum Gasteiger partial charge on any atom is -0.481 e. The standard InChI is InChI=1S/C16H27N5O8/c1-7(2)3-9(21-14(26)8(17)4-11(18)22)15(27)19-6-12(23)20-10(16(28)29)5-13(24)25/h7-10H,3-6,17H2,1-2H3,(H2,18,22)(H,19,27)(H,20,23)(H,21,26)(H,24,25)(H,28,29). The van der Waals surface area contributed by atoms with Crippen molar-refractivity contribution in [2.45, 2.75) is 51.2 Å². The third-order valence-electron chi connectivity index (χ3n) is 3.53. The average molecular weight is 417 g/mol. The Hall–Kier alpha value is -3.22. The number of hydrogen-bond acceptors (Lipinski definition) is 7. The summed E-state index contributed by atoms with van der Waals surface area (Å²) in [4.78, 5) is 68.5. The summed E-state index contributed by atoms with van der Waals surface area (Å²) in [6.45, 7) is 2.93. The molecule has 0 bridgehead atoms. The number of nitrogens with two attached hydrogens (primary N) is 2. The highest BCUT2D eigenvalue weighted by atomic mass is 16.4. The highest BCUT2D eigenvalue weighted by Gasteiger charge is 2.27. The lowest BCUT2D eigenvalue weighted by Gasteiger charge is -2.22. The normalized spacial score (nSPS) is 13.7. The molecular weight excluding hydrogens is 390 g/mol. The van der Waals surface area contributed by atoms with E-state index in [9.17, 15) is 28.8 Å². The molecule has 0 aromatic heterocycles. The number of carbonyl (C=O) groups is 6. The van der Waals surface area contributed by atoms with Crippen molar-refractivity contribution in [3.63, 3.8) is 0 Å². The van der Waals surface area contributed by atoms with Gasteiger partial charge in [0.1, 0.15) is 12.1 Å². The monoisotopic (exact) mass is 417 g/mol. The van der Waals surface area contributed by atoms with E-state index in [1.54, 1.807) is 13.8 Å². The molecule has 0 rings (SSSR count). The van der Waals surface area contributed by atoms with Crippen LogP contribution >= 0.6 is 0 Å². The van der Waals surface area contributed by atoms with Crippen LogP contribution in [-0.2, 0) is 28.8 Å². The molecule has 3 unspecified atom stereocenters. The first-order valence-corrected chi connectivity index (χ1v) is 8.69. The van der Waals surface area contributed by atoms with Crippen LogP contribution < -0.4 is 27.4 Å². The van der Waals surface area contributed by atoms with Gasteiger partial charge in [-0.15, -0.1) is 0 Å². The average Bonchev–Trinajstić information content (AvgIpc) is 2.56. The van der Waals surface area contributed by atoms with Crippen LogP contribution in [0.15, 0.2) is 0 Å². The van der Waals surface area contributed by atoms with Crippen LogP contribution in [0.2, 0.25) is 0 Å². The van der Waals surface area contributed by atoms with E-state index in [1.165, 1.54) is 0 Å². The van der Waals surface area contributed by atoms with Gasteiger partial charge in [-0.05, 0) is 12.3 Å². The summed E-state index contributed by atoms with van der Waals surface area (Å²) in [7, 11) is 0. The second-order valence-corrected chi connectivity index (χ2v) is 6.74. The molecule has 0 saturated heterocycles. The van der Waals surface area contributed by atoms with Crippen LogP contribution in [0, 0.1) is 5.92 Å². The number of carbonyl (C=O) groups excluding carboxylic acids is 4. The van der Waals surface area contributed by atoms with Crippen molar-refractivity contribution < 1.29 is 39.0 Å². The smallest absolute Gasteiger partial charge is 0.326 e. The van der Waals surface area contributed by atoms with Crippen LogP contribution in [0.1, 0.15) is 33.1 Å². The number of aliphatic carboxylic acids is 2. The summed E-state index contributed by atoms with van der Waals surface area (Å²) >= 11 is 0. The van der Waals surface area contributed by atoms with Crippen molar-refractivity contribution in [1.82, 2.24) is 16.0 Å². The van der Waals surface area contributed by atoms with Crippen molar-refractivity contribution in [2.24, 2.45) is 17.4 Å². The van der Waals surface area contributed by atoms with E-state index >= 15 is 0 Å². The van der Waals surface area contributed by atoms with Crippen LogP contribution in [0.25, 0.3) is 0 Å². The molecule has 0 aliphatic rings. The molecule has 29 heavy (non-hydrogen) atoms. The predicted octanol–water partition coefficient (Wildman–Crippen LogP) is -3.12. The molecule has 13 nitrogen and oxygen atoms in total. The number of rotatable bonds is 13.